The maximum absolute atomic E-state index is 12.8. The largest absolute Gasteiger partial charge is 0.467 e. The first-order chi connectivity index (χ1) is 20.3. The molecule has 240 valence electrons. The van der Waals surface area contributed by atoms with Crippen LogP contribution in [-0.2, 0) is 47.6 Å². The number of carbonyl (C=O) groups excluding carboxylic acids is 4. The van der Waals surface area contributed by atoms with E-state index in [4.69, 9.17) is 28.4 Å². The minimum atomic E-state index is -1.48. The topological polar surface area (TPSA) is 144 Å². The van der Waals surface area contributed by atoms with Crippen LogP contribution >= 0.6 is 0 Å². The van der Waals surface area contributed by atoms with Gasteiger partial charge in [-0.05, 0) is 80.0 Å². The fourth-order valence-corrected chi connectivity index (χ4v) is 9.10. The zero-order valence-electron chi connectivity index (χ0n) is 26.0. The second-order valence-electron chi connectivity index (χ2n) is 13.6. The van der Waals surface area contributed by atoms with E-state index in [9.17, 15) is 24.3 Å². The average molecular weight is 607 g/mol. The molecular formula is C32H46O11. The molecule has 43 heavy (non-hydrogen) atoms. The number of aliphatic hydroxyl groups is 1. The van der Waals surface area contributed by atoms with Crippen LogP contribution in [0, 0.1) is 28.6 Å². The number of methoxy groups -OCH3 is 1. The second kappa shape index (κ2) is 12.1. The summed E-state index contributed by atoms with van der Waals surface area (Å²) >= 11 is 0. The van der Waals surface area contributed by atoms with Crippen molar-refractivity contribution in [2.75, 3.05) is 7.11 Å². The van der Waals surface area contributed by atoms with Gasteiger partial charge in [-0.1, -0.05) is 25.5 Å². The van der Waals surface area contributed by atoms with Crippen LogP contribution in [0.15, 0.2) is 11.6 Å². The van der Waals surface area contributed by atoms with E-state index in [1.807, 2.05) is 0 Å². The molecule has 12 atom stereocenters. The first-order valence-electron chi connectivity index (χ1n) is 15.6. The summed E-state index contributed by atoms with van der Waals surface area (Å²) < 4.78 is 33.7. The van der Waals surface area contributed by atoms with Gasteiger partial charge in [-0.2, -0.15) is 0 Å². The molecule has 5 aliphatic rings. The number of esters is 4. The van der Waals surface area contributed by atoms with E-state index < -0.39 is 54.6 Å². The molecule has 0 aromatic rings. The van der Waals surface area contributed by atoms with E-state index in [1.54, 1.807) is 0 Å². The highest BCUT2D eigenvalue weighted by Crippen LogP contribution is 2.65. The lowest BCUT2D eigenvalue weighted by Gasteiger charge is -2.58. The molecule has 4 fully saturated rings. The van der Waals surface area contributed by atoms with Crippen molar-refractivity contribution < 1.29 is 52.7 Å². The van der Waals surface area contributed by atoms with Crippen LogP contribution in [-0.4, -0.2) is 79.0 Å². The summed E-state index contributed by atoms with van der Waals surface area (Å²) in [4.78, 5) is 49.0. The van der Waals surface area contributed by atoms with Crippen LogP contribution in [0.3, 0.4) is 0 Å². The first kappa shape index (κ1) is 31.9. The van der Waals surface area contributed by atoms with Crippen LogP contribution in [0.4, 0.5) is 0 Å². The highest BCUT2D eigenvalue weighted by molar-refractivity contribution is 5.77. The molecule has 5 rings (SSSR count). The molecule has 3 saturated carbocycles. The van der Waals surface area contributed by atoms with Gasteiger partial charge in [0.1, 0.15) is 0 Å². The van der Waals surface area contributed by atoms with Crippen molar-refractivity contribution in [1.82, 2.24) is 0 Å². The van der Waals surface area contributed by atoms with Gasteiger partial charge < -0.3 is 33.5 Å². The maximum Gasteiger partial charge on any atom is 0.339 e. The third-order valence-corrected chi connectivity index (χ3v) is 11.2. The van der Waals surface area contributed by atoms with E-state index in [-0.39, 0.29) is 23.0 Å². The Hall–Kier alpha value is -2.50. The number of hydrogen-bond acceptors (Lipinski definition) is 11. The first-order valence-corrected chi connectivity index (χ1v) is 15.6. The average Bonchev–Trinajstić information content (AvgIpc) is 3.24. The Morgan fingerprint density at radius 2 is 1.51 bits per heavy atom. The van der Waals surface area contributed by atoms with Crippen molar-refractivity contribution in [3.8, 4) is 0 Å². The molecule has 1 saturated heterocycles. The van der Waals surface area contributed by atoms with E-state index in [2.05, 4.69) is 19.9 Å². The summed E-state index contributed by atoms with van der Waals surface area (Å²) in [5.74, 6) is -1.38. The van der Waals surface area contributed by atoms with Gasteiger partial charge in [0.2, 0.25) is 0 Å². The summed E-state index contributed by atoms with van der Waals surface area (Å²) in [6.07, 6.45) is 2.33. The standard InChI is InChI=1S/C32H46O11/c1-16(33)39-25-26(40-17(2)34)28(41-18(3)35)30(43-27(25)29(37)38-6)42-20-11-13-31(4)19(15-20)7-8-21-22-9-10-24(36)32(22,5)14-12-23(21)31/h7,20-28,30,36H,8-15H2,1-6H3/t20-,21?,22?,23?,24?,25?,26-,27?,28?,30?,31-,32-/m0/s1. The van der Waals surface area contributed by atoms with Crippen molar-refractivity contribution in [3.63, 3.8) is 0 Å². The molecule has 11 heteroatoms. The van der Waals surface area contributed by atoms with Gasteiger partial charge in [0.15, 0.2) is 30.7 Å². The highest BCUT2D eigenvalue weighted by atomic mass is 16.7. The molecule has 4 aliphatic carbocycles. The van der Waals surface area contributed by atoms with Gasteiger partial charge in [0.25, 0.3) is 0 Å². The summed E-state index contributed by atoms with van der Waals surface area (Å²) in [7, 11) is 1.16. The van der Waals surface area contributed by atoms with Gasteiger partial charge in [-0.25, -0.2) is 4.79 Å². The van der Waals surface area contributed by atoms with Gasteiger partial charge in [0.05, 0.1) is 19.3 Å². The molecule has 1 aliphatic heterocycles. The minimum absolute atomic E-state index is 0.00581. The number of rotatable bonds is 6. The van der Waals surface area contributed by atoms with E-state index >= 15 is 0 Å². The van der Waals surface area contributed by atoms with E-state index in [0.717, 1.165) is 52.6 Å². The monoisotopic (exact) mass is 606 g/mol. The van der Waals surface area contributed by atoms with Gasteiger partial charge in [-0.3, -0.25) is 14.4 Å². The summed E-state index contributed by atoms with van der Waals surface area (Å²) in [5, 5.41) is 10.8. The molecule has 0 radical (unpaired) electrons. The van der Waals surface area contributed by atoms with Crippen molar-refractivity contribution in [3.05, 3.63) is 11.6 Å². The van der Waals surface area contributed by atoms with Crippen LogP contribution in [0.5, 0.6) is 0 Å². The predicted octanol–water partition coefficient (Wildman–Crippen LogP) is 3.39. The third-order valence-electron chi connectivity index (χ3n) is 11.2. The summed E-state index contributed by atoms with van der Waals surface area (Å²) in [5.41, 5.74) is 1.37. The van der Waals surface area contributed by atoms with E-state index in [0.29, 0.717) is 30.6 Å². The third kappa shape index (κ3) is 5.84. The SMILES string of the molecule is COC(=O)C1OC(O[C@H]2CC[C@@]3(C)C(=CCC4C5CCC(O)[C@@]5(C)CCC43)C2)C(OC(C)=O)[C@@H](OC(C)=O)C1OC(C)=O. The van der Waals surface area contributed by atoms with Crippen molar-refractivity contribution in [2.24, 2.45) is 28.6 Å². The molecule has 0 spiro atoms. The lowest BCUT2D eigenvalue weighted by atomic mass is 9.48. The van der Waals surface area contributed by atoms with Crippen LogP contribution in [0.1, 0.15) is 86.0 Å². The van der Waals surface area contributed by atoms with Gasteiger partial charge in [-0.15, -0.1) is 0 Å². The number of ether oxygens (including phenoxy) is 6. The molecule has 8 unspecified atom stereocenters. The number of allylic oxidation sites excluding steroid dienone is 1. The second-order valence-corrected chi connectivity index (χ2v) is 13.6. The molecule has 0 amide bonds. The predicted molar refractivity (Wildman–Crippen MR) is 150 cm³/mol. The van der Waals surface area contributed by atoms with Crippen LogP contribution in [0.2, 0.25) is 0 Å². The lowest BCUT2D eigenvalue weighted by Crippen LogP contribution is -2.64. The maximum atomic E-state index is 12.8. The highest BCUT2D eigenvalue weighted by Gasteiger charge is 2.59. The molecule has 0 aromatic heterocycles. The Morgan fingerprint density at radius 1 is 0.860 bits per heavy atom. The zero-order chi connectivity index (χ0) is 31.3. The fraction of sp³-hybridized carbons (Fsp3) is 0.812. The van der Waals surface area contributed by atoms with Gasteiger partial charge >= 0.3 is 23.9 Å². The Labute approximate surface area is 252 Å². The zero-order valence-corrected chi connectivity index (χ0v) is 26.0. The lowest BCUT2D eigenvalue weighted by molar-refractivity contribution is -0.312. The Bertz CT molecular complexity index is 1150. The normalized spacial score (nSPS) is 43.7. The molecule has 0 bridgehead atoms. The Morgan fingerprint density at radius 3 is 2.16 bits per heavy atom. The molecule has 11 nitrogen and oxygen atoms in total. The number of hydrogen-bond donors (Lipinski definition) is 1. The van der Waals surface area contributed by atoms with Crippen molar-refractivity contribution in [1.29, 1.82) is 0 Å². The Balaban J connectivity index is 1.38. The number of aliphatic hydroxyl groups excluding tert-OH is 1. The van der Waals surface area contributed by atoms with Crippen LogP contribution < -0.4 is 0 Å². The smallest absolute Gasteiger partial charge is 0.339 e. The van der Waals surface area contributed by atoms with Crippen molar-refractivity contribution >= 4 is 23.9 Å². The molecule has 0 aromatic carbocycles. The molecule has 1 N–H and O–H groups in total. The number of carbonyl (C=O) groups is 4. The van der Waals surface area contributed by atoms with E-state index in [1.165, 1.54) is 19.4 Å². The summed E-state index contributed by atoms with van der Waals surface area (Å²) in [6.45, 7) is 8.15. The number of fused-ring (bicyclic) bond motifs is 5. The minimum Gasteiger partial charge on any atom is -0.467 e. The fourth-order valence-electron chi connectivity index (χ4n) is 9.10. The van der Waals surface area contributed by atoms with Crippen molar-refractivity contribution in [2.45, 2.75) is 129 Å². The summed E-state index contributed by atoms with van der Waals surface area (Å²) in [6, 6.07) is 0. The van der Waals surface area contributed by atoms with Gasteiger partial charge in [0, 0.05) is 20.8 Å². The van der Waals surface area contributed by atoms with Crippen LogP contribution in [0.25, 0.3) is 0 Å². The molecule has 1 heterocycles. The quantitative estimate of drug-likeness (QED) is 0.270. The molecular weight excluding hydrogens is 560 g/mol. The Kier molecular flexibility index (Phi) is 9.00.